The highest BCUT2D eigenvalue weighted by atomic mass is 35.5. The van der Waals surface area contributed by atoms with Crippen LogP contribution in [0.2, 0.25) is 5.02 Å². The number of nitrogen functional groups attached to an aromatic ring is 1. The van der Waals surface area contributed by atoms with E-state index in [9.17, 15) is 10.1 Å². The molecule has 0 spiro atoms. The van der Waals surface area contributed by atoms with Crippen LogP contribution in [0.4, 0.5) is 11.5 Å². The molecule has 0 saturated heterocycles. The van der Waals surface area contributed by atoms with Crippen molar-refractivity contribution in [1.82, 2.24) is 4.98 Å². The first-order valence-electron chi connectivity index (χ1n) is 4.75. The van der Waals surface area contributed by atoms with Gasteiger partial charge in [-0.3, -0.25) is 10.1 Å². The van der Waals surface area contributed by atoms with Gasteiger partial charge in [0.05, 0.1) is 10.6 Å². The fourth-order valence-corrected chi connectivity index (χ4v) is 1.67. The van der Waals surface area contributed by atoms with E-state index < -0.39 is 4.92 Å². The second-order valence-electron chi connectivity index (χ2n) is 3.34. The number of anilines is 1. The molecule has 1 heterocycles. The third kappa shape index (κ3) is 2.19. The third-order valence-electron chi connectivity index (χ3n) is 2.25. The molecule has 0 aliphatic heterocycles. The summed E-state index contributed by atoms with van der Waals surface area (Å²) in [6.45, 7) is 0. The molecule has 0 aliphatic rings. The van der Waals surface area contributed by atoms with Crippen LogP contribution in [0.25, 0.3) is 11.3 Å². The Morgan fingerprint density at radius 3 is 2.53 bits per heavy atom. The number of nitrogens with zero attached hydrogens (tertiary/aromatic N) is 2. The molecule has 0 radical (unpaired) electrons. The summed E-state index contributed by atoms with van der Waals surface area (Å²) in [4.78, 5) is 14.0. The van der Waals surface area contributed by atoms with E-state index in [1.54, 1.807) is 24.3 Å². The normalized spacial score (nSPS) is 10.2. The minimum atomic E-state index is -0.571. The lowest BCUT2D eigenvalue weighted by molar-refractivity contribution is -0.384. The monoisotopic (exact) mass is 249 g/mol. The molecular weight excluding hydrogens is 242 g/mol. The van der Waals surface area contributed by atoms with Crippen molar-refractivity contribution in [2.24, 2.45) is 0 Å². The van der Waals surface area contributed by atoms with Crippen LogP contribution < -0.4 is 5.73 Å². The maximum absolute atomic E-state index is 10.6. The average molecular weight is 250 g/mol. The van der Waals surface area contributed by atoms with Crippen molar-refractivity contribution in [3.63, 3.8) is 0 Å². The highest BCUT2D eigenvalue weighted by Gasteiger charge is 2.14. The molecule has 0 aliphatic carbocycles. The number of rotatable bonds is 2. The summed E-state index contributed by atoms with van der Waals surface area (Å²) in [5, 5.41) is 11.1. The predicted octanol–water partition coefficient (Wildman–Crippen LogP) is 2.89. The fourth-order valence-electron chi connectivity index (χ4n) is 1.44. The van der Waals surface area contributed by atoms with Crippen LogP contribution in [0.1, 0.15) is 0 Å². The first-order chi connectivity index (χ1) is 8.09. The minimum Gasteiger partial charge on any atom is -0.378 e. The molecule has 0 atom stereocenters. The van der Waals surface area contributed by atoms with Crippen LogP contribution in [0.15, 0.2) is 36.4 Å². The number of aromatic nitrogens is 1. The molecule has 2 N–H and O–H groups in total. The van der Waals surface area contributed by atoms with Crippen molar-refractivity contribution in [2.75, 3.05) is 5.73 Å². The molecule has 17 heavy (non-hydrogen) atoms. The van der Waals surface area contributed by atoms with Crippen LogP contribution in [0.3, 0.4) is 0 Å². The van der Waals surface area contributed by atoms with Crippen molar-refractivity contribution >= 4 is 23.1 Å². The summed E-state index contributed by atoms with van der Waals surface area (Å²) < 4.78 is 0. The molecule has 0 saturated carbocycles. The van der Waals surface area contributed by atoms with Gasteiger partial charge in [0.25, 0.3) is 0 Å². The quantitative estimate of drug-likeness (QED) is 0.655. The van der Waals surface area contributed by atoms with E-state index >= 15 is 0 Å². The Kier molecular flexibility index (Phi) is 2.93. The number of nitrogens with two attached hydrogens (primary N) is 1. The Morgan fingerprint density at radius 2 is 1.94 bits per heavy atom. The van der Waals surface area contributed by atoms with Crippen molar-refractivity contribution in [2.45, 2.75) is 0 Å². The summed E-state index contributed by atoms with van der Waals surface area (Å²) >= 11 is 6.00. The summed E-state index contributed by atoms with van der Waals surface area (Å²) in [6, 6.07) is 9.93. The van der Waals surface area contributed by atoms with E-state index in [2.05, 4.69) is 4.98 Å². The van der Waals surface area contributed by atoms with Gasteiger partial charge in [0, 0.05) is 16.7 Å². The summed E-state index contributed by atoms with van der Waals surface area (Å²) in [6.07, 6.45) is 0. The van der Waals surface area contributed by atoms with E-state index in [1.807, 2.05) is 0 Å². The van der Waals surface area contributed by atoms with Gasteiger partial charge in [0.1, 0.15) is 0 Å². The van der Waals surface area contributed by atoms with Crippen LogP contribution in [0, 0.1) is 10.1 Å². The molecule has 1 aromatic carbocycles. The topological polar surface area (TPSA) is 82.0 Å². The summed E-state index contributed by atoms with van der Waals surface area (Å²) in [7, 11) is 0. The van der Waals surface area contributed by atoms with Gasteiger partial charge in [-0.15, -0.1) is 0 Å². The largest absolute Gasteiger partial charge is 0.378 e. The van der Waals surface area contributed by atoms with Gasteiger partial charge in [0.2, 0.25) is 5.82 Å². The molecule has 2 aromatic rings. The third-order valence-corrected chi connectivity index (χ3v) is 2.58. The van der Waals surface area contributed by atoms with Crippen molar-refractivity contribution in [1.29, 1.82) is 0 Å². The lowest BCUT2D eigenvalue weighted by atomic mass is 10.1. The van der Waals surface area contributed by atoms with E-state index in [4.69, 9.17) is 17.3 Å². The highest BCUT2D eigenvalue weighted by molar-refractivity contribution is 6.33. The lowest BCUT2D eigenvalue weighted by Crippen LogP contribution is -1.99. The SMILES string of the molecule is Nc1nc(-c2ccccc2Cl)ccc1[N+](=O)[O-]. The van der Waals surface area contributed by atoms with Crippen molar-refractivity contribution < 1.29 is 4.92 Å². The average Bonchev–Trinajstić information content (AvgIpc) is 2.29. The van der Waals surface area contributed by atoms with Gasteiger partial charge in [-0.1, -0.05) is 29.8 Å². The molecule has 1 aromatic heterocycles. The van der Waals surface area contributed by atoms with Gasteiger partial charge in [0.15, 0.2) is 0 Å². The van der Waals surface area contributed by atoms with Gasteiger partial charge < -0.3 is 5.73 Å². The van der Waals surface area contributed by atoms with E-state index in [0.29, 0.717) is 16.3 Å². The summed E-state index contributed by atoms with van der Waals surface area (Å²) in [5.74, 6) is -0.118. The Morgan fingerprint density at radius 1 is 1.24 bits per heavy atom. The van der Waals surface area contributed by atoms with Gasteiger partial charge in [-0.2, -0.15) is 0 Å². The smallest absolute Gasteiger partial charge is 0.311 e. The maximum atomic E-state index is 10.6. The van der Waals surface area contributed by atoms with E-state index in [1.165, 1.54) is 12.1 Å². The zero-order valence-corrected chi connectivity index (χ0v) is 9.39. The molecule has 0 bridgehead atoms. The predicted molar refractivity (Wildman–Crippen MR) is 65.7 cm³/mol. The second-order valence-corrected chi connectivity index (χ2v) is 3.75. The Labute approximate surface area is 102 Å². The molecule has 86 valence electrons. The highest BCUT2D eigenvalue weighted by Crippen LogP contribution is 2.29. The van der Waals surface area contributed by atoms with Crippen LogP contribution in [-0.2, 0) is 0 Å². The summed E-state index contributed by atoms with van der Waals surface area (Å²) in [5.41, 5.74) is 6.51. The van der Waals surface area contributed by atoms with Gasteiger partial charge >= 0.3 is 5.69 Å². The maximum Gasteiger partial charge on any atom is 0.311 e. The van der Waals surface area contributed by atoms with Crippen LogP contribution in [-0.4, -0.2) is 9.91 Å². The molecular formula is C11H8ClN3O2. The number of nitro groups is 1. The van der Waals surface area contributed by atoms with Gasteiger partial charge in [-0.05, 0) is 12.1 Å². The molecule has 5 nitrogen and oxygen atoms in total. The van der Waals surface area contributed by atoms with Crippen molar-refractivity contribution in [3.8, 4) is 11.3 Å². The molecule has 0 unspecified atom stereocenters. The zero-order chi connectivity index (χ0) is 12.4. The number of benzene rings is 1. The standard InChI is InChI=1S/C11H8ClN3O2/c12-8-4-2-1-3-7(8)9-5-6-10(15(16)17)11(13)14-9/h1-6H,(H2,13,14). The van der Waals surface area contributed by atoms with E-state index in [0.717, 1.165) is 0 Å². The second kappa shape index (κ2) is 4.39. The first-order valence-corrected chi connectivity index (χ1v) is 5.13. The molecule has 6 heteroatoms. The van der Waals surface area contributed by atoms with Crippen LogP contribution in [0.5, 0.6) is 0 Å². The number of halogens is 1. The Hall–Kier alpha value is -2.14. The zero-order valence-electron chi connectivity index (χ0n) is 8.63. The van der Waals surface area contributed by atoms with Gasteiger partial charge in [-0.25, -0.2) is 4.98 Å². The Bertz CT molecular complexity index is 587. The molecule has 0 amide bonds. The Balaban J connectivity index is 2.52. The van der Waals surface area contributed by atoms with Crippen molar-refractivity contribution in [3.05, 3.63) is 51.5 Å². The molecule has 2 rings (SSSR count). The minimum absolute atomic E-state index is 0.118. The fraction of sp³-hybridized carbons (Fsp3) is 0. The lowest BCUT2D eigenvalue weighted by Gasteiger charge is -2.04. The van der Waals surface area contributed by atoms with Crippen LogP contribution >= 0.6 is 11.6 Å². The number of pyridine rings is 1. The number of hydrogen-bond acceptors (Lipinski definition) is 4. The first kappa shape index (κ1) is 11.3. The molecule has 0 fully saturated rings. The van der Waals surface area contributed by atoms with E-state index in [-0.39, 0.29) is 11.5 Å². The number of hydrogen-bond donors (Lipinski definition) is 1.